The average molecular weight is 345 g/mol. The van der Waals surface area contributed by atoms with Gasteiger partial charge in [0.05, 0.1) is 0 Å². The van der Waals surface area contributed by atoms with Crippen molar-refractivity contribution in [2.45, 2.75) is 37.1 Å². The molecule has 21 heavy (non-hydrogen) atoms. The van der Waals surface area contributed by atoms with E-state index in [4.69, 9.17) is 5.73 Å². The van der Waals surface area contributed by atoms with Crippen molar-refractivity contribution in [3.05, 3.63) is 39.4 Å². The minimum absolute atomic E-state index is 0.0860. The monoisotopic (exact) mass is 344 g/mol. The molecule has 0 bridgehead atoms. The molecule has 0 fully saturated rings. The molecule has 2 aromatic heterocycles. The van der Waals surface area contributed by atoms with Gasteiger partial charge in [-0.1, -0.05) is 6.07 Å². The molecule has 0 atom stereocenters. The molecule has 0 aliphatic carbocycles. The van der Waals surface area contributed by atoms with E-state index in [9.17, 15) is 8.42 Å². The maximum Gasteiger partial charge on any atom is 0.253 e. The molecule has 0 saturated carbocycles. The number of hydrogen-bond acceptors (Lipinski definition) is 5. The van der Waals surface area contributed by atoms with Crippen LogP contribution in [0.4, 0.5) is 0 Å². The zero-order valence-electron chi connectivity index (χ0n) is 12.2. The van der Waals surface area contributed by atoms with Crippen molar-refractivity contribution in [2.24, 2.45) is 5.73 Å². The topological polar surface area (TPSA) is 63.4 Å². The third-order valence-electron chi connectivity index (χ3n) is 3.06. The molecular formula is C14H20N2O2S3. The molecule has 0 spiro atoms. The molecule has 0 radical (unpaired) electrons. The van der Waals surface area contributed by atoms with Crippen molar-refractivity contribution in [1.29, 1.82) is 0 Å². The first kappa shape index (κ1) is 16.6. The van der Waals surface area contributed by atoms with E-state index in [1.54, 1.807) is 21.7 Å². The Labute approximate surface area is 134 Å². The maximum absolute atomic E-state index is 12.8. The van der Waals surface area contributed by atoms with Crippen molar-refractivity contribution < 1.29 is 8.42 Å². The first-order chi connectivity index (χ1) is 9.95. The van der Waals surface area contributed by atoms with E-state index in [1.807, 2.05) is 37.4 Å². The van der Waals surface area contributed by atoms with Gasteiger partial charge < -0.3 is 5.73 Å². The highest BCUT2D eigenvalue weighted by Crippen LogP contribution is 2.28. The van der Waals surface area contributed by atoms with Crippen LogP contribution in [-0.2, 0) is 23.0 Å². The quantitative estimate of drug-likeness (QED) is 0.840. The lowest BCUT2D eigenvalue weighted by molar-refractivity contribution is 0.351. The van der Waals surface area contributed by atoms with Gasteiger partial charge in [0.25, 0.3) is 10.0 Å². The minimum atomic E-state index is -3.46. The lowest BCUT2D eigenvalue weighted by atomic mass is 10.3. The SMILES string of the molecule is CC(C)N(Cc1cccs1)S(=O)(=O)c1ccc(CCN)s1. The van der Waals surface area contributed by atoms with Gasteiger partial charge in [0, 0.05) is 22.3 Å². The number of hydrogen-bond donors (Lipinski definition) is 1. The van der Waals surface area contributed by atoms with Crippen LogP contribution in [0.25, 0.3) is 0 Å². The first-order valence-corrected chi connectivity index (χ1v) is 9.91. The highest BCUT2D eigenvalue weighted by Gasteiger charge is 2.28. The number of sulfonamides is 1. The van der Waals surface area contributed by atoms with Gasteiger partial charge in [0.15, 0.2) is 0 Å². The summed E-state index contributed by atoms with van der Waals surface area (Å²) in [4.78, 5) is 2.06. The second-order valence-corrected chi connectivity index (χ2v) is 9.30. The van der Waals surface area contributed by atoms with Crippen LogP contribution >= 0.6 is 22.7 Å². The highest BCUT2D eigenvalue weighted by atomic mass is 32.2. The summed E-state index contributed by atoms with van der Waals surface area (Å²) >= 11 is 2.89. The Balaban J connectivity index is 2.28. The van der Waals surface area contributed by atoms with Gasteiger partial charge in [0.2, 0.25) is 0 Å². The first-order valence-electron chi connectivity index (χ1n) is 6.78. The summed E-state index contributed by atoms with van der Waals surface area (Å²) < 4.78 is 27.6. The Bertz CT molecular complexity index is 660. The molecule has 0 saturated heterocycles. The molecule has 0 aliphatic rings. The lowest BCUT2D eigenvalue weighted by Gasteiger charge is -2.24. The van der Waals surface area contributed by atoms with Crippen LogP contribution in [0.1, 0.15) is 23.6 Å². The predicted molar refractivity (Wildman–Crippen MR) is 89.3 cm³/mol. The standard InChI is InChI=1S/C14H20N2O2S3/c1-11(2)16(10-13-4-3-9-19-13)21(17,18)14-6-5-12(20-14)7-8-15/h3-6,9,11H,7-8,10,15H2,1-2H3. The van der Waals surface area contributed by atoms with E-state index >= 15 is 0 Å². The van der Waals surface area contributed by atoms with E-state index < -0.39 is 10.0 Å². The van der Waals surface area contributed by atoms with Crippen LogP contribution in [-0.4, -0.2) is 25.3 Å². The zero-order chi connectivity index (χ0) is 15.5. The fraction of sp³-hybridized carbons (Fsp3) is 0.429. The van der Waals surface area contributed by atoms with Gasteiger partial charge in [-0.15, -0.1) is 22.7 Å². The van der Waals surface area contributed by atoms with Crippen molar-refractivity contribution in [1.82, 2.24) is 4.31 Å². The maximum atomic E-state index is 12.8. The number of nitrogens with two attached hydrogens (primary N) is 1. The Hall–Kier alpha value is -0.730. The molecule has 4 nitrogen and oxygen atoms in total. The molecule has 2 rings (SSSR count). The van der Waals surface area contributed by atoms with E-state index in [-0.39, 0.29) is 6.04 Å². The Morgan fingerprint density at radius 1 is 1.24 bits per heavy atom. The third kappa shape index (κ3) is 3.92. The molecule has 7 heteroatoms. The summed E-state index contributed by atoms with van der Waals surface area (Å²) in [5.41, 5.74) is 5.53. The van der Waals surface area contributed by atoms with Crippen molar-refractivity contribution in [3.8, 4) is 0 Å². The number of thiophene rings is 2. The van der Waals surface area contributed by atoms with Gasteiger partial charge >= 0.3 is 0 Å². The van der Waals surface area contributed by atoms with Crippen LogP contribution in [0.3, 0.4) is 0 Å². The zero-order valence-corrected chi connectivity index (χ0v) is 14.6. The Morgan fingerprint density at radius 3 is 2.57 bits per heavy atom. The summed E-state index contributed by atoms with van der Waals surface area (Å²) in [5, 5.41) is 1.96. The van der Waals surface area contributed by atoms with Crippen molar-refractivity contribution >= 4 is 32.7 Å². The molecule has 0 amide bonds. The molecule has 2 aromatic rings. The van der Waals surface area contributed by atoms with Gasteiger partial charge in [-0.3, -0.25) is 0 Å². The average Bonchev–Trinajstić information content (AvgIpc) is 3.07. The molecule has 0 aromatic carbocycles. The van der Waals surface area contributed by atoms with E-state index in [1.165, 1.54) is 11.3 Å². The van der Waals surface area contributed by atoms with E-state index in [0.717, 1.165) is 9.75 Å². The van der Waals surface area contributed by atoms with Crippen LogP contribution < -0.4 is 5.73 Å². The number of nitrogens with zero attached hydrogens (tertiary/aromatic N) is 1. The van der Waals surface area contributed by atoms with Gasteiger partial charge in [-0.2, -0.15) is 4.31 Å². The largest absolute Gasteiger partial charge is 0.330 e. The Kier molecular flexibility index (Phi) is 5.56. The molecule has 0 aliphatic heterocycles. The van der Waals surface area contributed by atoms with Crippen molar-refractivity contribution in [2.75, 3.05) is 6.54 Å². The summed E-state index contributed by atoms with van der Waals surface area (Å²) in [7, 11) is -3.46. The van der Waals surface area contributed by atoms with Crippen LogP contribution in [0, 0.1) is 0 Å². The van der Waals surface area contributed by atoms with Crippen LogP contribution in [0.2, 0.25) is 0 Å². The molecule has 0 unspecified atom stereocenters. The normalized spacial score (nSPS) is 12.4. The fourth-order valence-electron chi connectivity index (χ4n) is 1.99. The van der Waals surface area contributed by atoms with Gasteiger partial charge in [0.1, 0.15) is 4.21 Å². The van der Waals surface area contributed by atoms with Gasteiger partial charge in [-0.05, 0) is 50.4 Å². The second kappa shape index (κ2) is 7.02. The fourth-order valence-corrected chi connectivity index (χ4v) is 5.89. The van der Waals surface area contributed by atoms with Crippen molar-refractivity contribution in [3.63, 3.8) is 0 Å². The summed E-state index contributed by atoms with van der Waals surface area (Å²) in [6.45, 7) is 4.75. The summed E-state index contributed by atoms with van der Waals surface area (Å²) in [5.74, 6) is 0. The van der Waals surface area contributed by atoms with E-state index in [2.05, 4.69) is 0 Å². The minimum Gasteiger partial charge on any atom is -0.330 e. The van der Waals surface area contributed by atoms with E-state index in [0.29, 0.717) is 23.7 Å². The third-order valence-corrected chi connectivity index (χ3v) is 7.55. The summed E-state index contributed by atoms with van der Waals surface area (Å²) in [6, 6.07) is 7.36. The highest BCUT2D eigenvalue weighted by molar-refractivity contribution is 7.91. The molecule has 2 heterocycles. The smallest absolute Gasteiger partial charge is 0.253 e. The van der Waals surface area contributed by atoms with Crippen LogP contribution in [0.15, 0.2) is 33.9 Å². The predicted octanol–water partition coefficient (Wildman–Crippen LogP) is 2.91. The van der Waals surface area contributed by atoms with Gasteiger partial charge in [-0.25, -0.2) is 8.42 Å². The van der Waals surface area contributed by atoms with Crippen LogP contribution in [0.5, 0.6) is 0 Å². The molecule has 2 N–H and O–H groups in total. The second-order valence-electron chi connectivity index (χ2n) is 4.98. The number of rotatable bonds is 7. The lowest BCUT2D eigenvalue weighted by Crippen LogP contribution is -2.35. The Morgan fingerprint density at radius 2 is 2.00 bits per heavy atom. The summed E-state index contributed by atoms with van der Waals surface area (Å²) in [6.07, 6.45) is 0.715. The molecule has 116 valence electrons. The molecular weight excluding hydrogens is 324 g/mol.